The molecule has 0 saturated heterocycles. The standard InChI is InChI=1S/C8H10FNO/c9-7-3-6(4-7)5-8(11)1-2-10/h6-7H,1,3-5H2. The molecule has 2 nitrogen and oxygen atoms in total. The normalized spacial score (nSPS) is 28.7. The molecule has 0 N–H and O–H groups in total. The van der Waals surface area contributed by atoms with Crippen LogP contribution in [-0.4, -0.2) is 12.0 Å². The Kier molecular flexibility index (Phi) is 2.58. The summed E-state index contributed by atoms with van der Waals surface area (Å²) >= 11 is 0. The van der Waals surface area contributed by atoms with Crippen molar-refractivity contribution in [2.24, 2.45) is 5.92 Å². The summed E-state index contributed by atoms with van der Waals surface area (Å²) < 4.78 is 12.2. The number of ketones is 1. The van der Waals surface area contributed by atoms with Crippen molar-refractivity contribution in [3.05, 3.63) is 0 Å². The summed E-state index contributed by atoms with van der Waals surface area (Å²) in [5, 5.41) is 8.15. The zero-order chi connectivity index (χ0) is 8.27. The number of carbonyl (C=O) groups is 1. The van der Waals surface area contributed by atoms with E-state index < -0.39 is 6.17 Å². The van der Waals surface area contributed by atoms with Gasteiger partial charge in [0.25, 0.3) is 0 Å². The third-order valence-electron chi connectivity index (χ3n) is 1.97. The van der Waals surface area contributed by atoms with Crippen LogP contribution in [0.4, 0.5) is 4.39 Å². The van der Waals surface area contributed by atoms with Crippen molar-refractivity contribution in [2.75, 3.05) is 0 Å². The lowest BCUT2D eigenvalue weighted by Gasteiger charge is -2.28. The lowest BCUT2D eigenvalue weighted by molar-refractivity contribution is -0.120. The number of nitrogens with zero attached hydrogens (tertiary/aromatic N) is 1. The zero-order valence-corrected chi connectivity index (χ0v) is 6.22. The molecule has 1 saturated carbocycles. The van der Waals surface area contributed by atoms with Gasteiger partial charge in [0.15, 0.2) is 0 Å². The van der Waals surface area contributed by atoms with E-state index in [0.29, 0.717) is 19.3 Å². The van der Waals surface area contributed by atoms with Crippen LogP contribution < -0.4 is 0 Å². The zero-order valence-electron chi connectivity index (χ0n) is 6.22. The van der Waals surface area contributed by atoms with E-state index in [-0.39, 0.29) is 18.1 Å². The fourth-order valence-electron chi connectivity index (χ4n) is 1.30. The molecule has 0 aromatic heterocycles. The van der Waals surface area contributed by atoms with Crippen molar-refractivity contribution < 1.29 is 9.18 Å². The number of halogens is 1. The van der Waals surface area contributed by atoms with Gasteiger partial charge in [-0.15, -0.1) is 0 Å². The van der Waals surface area contributed by atoms with Crippen molar-refractivity contribution in [3.63, 3.8) is 0 Å². The van der Waals surface area contributed by atoms with Crippen LogP contribution in [0.2, 0.25) is 0 Å². The van der Waals surface area contributed by atoms with Crippen LogP contribution in [0.15, 0.2) is 0 Å². The third-order valence-corrected chi connectivity index (χ3v) is 1.97. The fourth-order valence-corrected chi connectivity index (χ4v) is 1.30. The number of hydrogen-bond donors (Lipinski definition) is 0. The van der Waals surface area contributed by atoms with Gasteiger partial charge in [0, 0.05) is 6.42 Å². The van der Waals surface area contributed by atoms with Crippen LogP contribution in [0, 0.1) is 17.2 Å². The molecule has 0 bridgehead atoms. The monoisotopic (exact) mass is 155 g/mol. The molecular weight excluding hydrogens is 145 g/mol. The Morgan fingerprint density at radius 1 is 1.64 bits per heavy atom. The lowest BCUT2D eigenvalue weighted by atomic mass is 9.80. The highest BCUT2D eigenvalue weighted by atomic mass is 19.1. The van der Waals surface area contributed by atoms with E-state index in [1.165, 1.54) is 0 Å². The summed E-state index contributed by atoms with van der Waals surface area (Å²) in [6.07, 6.45) is 0.699. The van der Waals surface area contributed by atoms with E-state index >= 15 is 0 Å². The van der Waals surface area contributed by atoms with Crippen LogP contribution in [0.5, 0.6) is 0 Å². The Morgan fingerprint density at radius 2 is 2.27 bits per heavy atom. The van der Waals surface area contributed by atoms with Crippen molar-refractivity contribution in [2.45, 2.75) is 31.9 Å². The molecule has 0 unspecified atom stereocenters. The minimum absolute atomic E-state index is 0.0204. The molecular formula is C8H10FNO. The first kappa shape index (κ1) is 8.19. The molecule has 1 aliphatic rings. The molecule has 0 aromatic carbocycles. The molecule has 60 valence electrons. The van der Waals surface area contributed by atoms with E-state index in [9.17, 15) is 9.18 Å². The van der Waals surface area contributed by atoms with Gasteiger partial charge in [-0.1, -0.05) is 0 Å². The van der Waals surface area contributed by atoms with Crippen LogP contribution in [-0.2, 0) is 4.79 Å². The maximum Gasteiger partial charge on any atom is 0.147 e. The number of rotatable bonds is 3. The highest BCUT2D eigenvalue weighted by molar-refractivity contribution is 5.80. The second kappa shape index (κ2) is 3.47. The van der Waals surface area contributed by atoms with Gasteiger partial charge in [-0.05, 0) is 18.8 Å². The molecule has 3 heteroatoms. The lowest BCUT2D eigenvalue weighted by Crippen LogP contribution is -2.26. The summed E-state index contributed by atoms with van der Waals surface area (Å²) in [4.78, 5) is 10.8. The van der Waals surface area contributed by atoms with Crippen LogP contribution in [0.3, 0.4) is 0 Å². The first-order valence-corrected chi connectivity index (χ1v) is 3.75. The first-order chi connectivity index (χ1) is 5.22. The minimum atomic E-state index is -0.699. The Labute approximate surface area is 65.0 Å². The van der Waals surface area contributed by atoms with Crippen molar-refractivity contribution in [1.29, 1.82) is 5.26 Å². The molecule has 0 atom stereocenters. The first-order valence-electron chi connectivity index (χ1n) is 3.75. The predicted octanol–water partition coefficient (Wildman–Crippen LogP) is 1.61. The van der Waals surface area contributed by atoms with Crippen LogP contribution in [0.25, 0.3) is 0 Å². The minimum Gasteiger partial charge on any atom is -0.299 e. The molecule has 1 rings (SSSR count). The highest BCUT2D eigenvalue weighted by Crippen LogP contribution is 2.32. The number of hydrogen-bond acceptors (Lipinski definition) is 2. The van der Waals surface area contributed by atoms with Gasteiger partial charge < -0.3 is 0 Å². The van der Waals surface area contributed by atoms with Crippen LogP contribution >= 0.6 is 0 Å². The molecule has 11 heavy (non-hydrogen) atoms. The topological polar surface area (TPSA) is 40.9 Å². The molecule has 0 radical (unpaired) electrons. The van der Waals surface area contributed by atoms with Gasteiger partial charge in [0.05, 0.1) is 12.5 Å². The molecule has 0 aliphatic heterocycles. The van der Waals surface area contributed by atoms with Crippen molar-refractivity contribution >= 4 is 5.78 Å². The largest absolute Gasteiger partial charge is 0.299 e. The second-order valence-corrected chi connectivity index (χ2v) is 3.01. The summed E-state index contributed by atoms with van der Waals surface area (Å²) in [5.74, 6) is 0.162. The van der Waals surface area contributed by atoms with Gasteiger partial charge in [0.2, 0.25) is 0 Å². The molecule has 0 heterocycles. The molecule has 1 fully saturated rings. The van der Waals surface area contributed by atoms with E-state index in [2.05, 4.69) is 0 Å². The van der Waals surface area contributed by atoms with Gasteiger partial charge >= 0.3 is 0 Å². The van der Waals surface area contributed by atoms with Crippen molar-refractivity contribution in [3.8, 4) is 6.07 Å². The summed E-state index contributed by atoms with van der Waals surface area (Å²) in [6, 6.07) is 1.79. The SMILES string of the molecule is N#CCC(=O)CC1CC(F)C1. The van der Waals surface area contributed by atoms with Crippen LogP contribution in [0.1, 0.15) is 25.7 Å². The number of nitriles is 1. The van der Waals surface area contributed by atoms with Gasteiger partial charge in [-0.25, -0.2) is 4.39 Å². The molecule has 1 aliphatic carbocycles. The molecule has 0 amide bonds. The number of alkyl halides is 1. The number of carbonyl (C=O) groups excluding carboxylic acids is 1. The smallest absolute Gasteiger partial charge is 0.147 e. The highest BCUT2D eigenvalue weighted by Gasteiger charge is 2.29. The van der Waals surface area contributed by atoms with E-state index in [1.54, 1.807) is 6.07 Å². The summed E-state index contributed by atoms with van der Waals surface area (Å²) in [7, 11) is 0. The van der Waals surface area contributed by atoms with Crippen molar-refractivity contribution in [1.82, 2.24) is 0 Å². The third kappa shape index (κ3) is 2.30. The van der Waals surface area contributed by atoms with E-state index in [0.717, 1.165) is 0 Å². The average molecular weight is 155 g/mol. The maximum absolute atomic E-state index is 12.2. The average Bonchev–Trinajstić information content (AvgIpc) is 1.85. The number of Topliss-reactive ketones (excluding diaryl/α,β-unsaturated/α-hetero) is 1. The maximum atomic E-state index is 12.2. The second-order valence-electron chi connectivity index (χ2n) is 3.01. The Balaban J connectivity index is 2.13. The quantitative estimate of drug-likeness (QED) is 0.621. The molecule has 0 aromatic rings. The Bertz CT molecular complexity index is 191. The van der Waals surface area contributed by atoms with Gasteiger partial charge in [0.1, 0.15) is 12.0 Å². The summed E-state index contributed by atoms with van der Waals surface area (Å²) in [6.45, 7) is 0. The van der Waals surface area contributed by atoms with E-state index in [1.807, 2.05) is 0 Å². The van der Waals surface area contributed by atoms with E-state index in [4.69, 9.17) is 5.26 Å². The van der Waals surface area contributed by atoms with Gasteiger partial charge in [-0.2, -0.15) is 5.26 Å². The fraction of sp³-hybridized carbons (Fsp3) is 0.750. The predicted molar refractivity (Wildman–Crippen MR) is 37.5 cm³/mol. The Hall–Kier alpha value is -0.910. The summed E-state index contributed by atoms with van der Waals surface area (Å²) in [5.41, 5.74) is 0. The molecule has 0 spiro atoms. The van der Waals surface area contributed by atoms with Gasteiger partial charge in [-0.3, -0.25) is 4.79 Å². The Morgan fingerprint density at radius 3 is 2.73 bits per heavy atom.